The summed E-state index contributed by atoms with van der Waals surface area (Å²) < 4.78 is 15.3. The molecule has 4 rings (SSSR count). The van der Waals surface area contributed by atoms with Crippen LogP contribution in [0.25, 0.3) is 10.9 Å². The van der Waals surface area contributed by atoms with Crippen LogP contribution in [0.15, 0.2) is 41.1 Å². The van der Waals surface area contributed by atoms with Gasteiger partial charge in [-0.25, -0.2) is 19.3 Å². The van der Waals surface area contributed by atoms with Crippen LogP contribution in [-0.4, -0.2) is 37.5 Å². The SMILES string of the molecule is CC(C)N/C=C(\C=N)C(=N)c1c(N)ncnc1NCc1nc2ccc(F)cc2c(=O)n1C1CC1. The second kappa shape index (κ2) is 9.38. The first-order valence-electron chi connectivity index (χ1n) is 10.9. The van der Waals surface area contributed by atoms with Crippen molar-refractivity contribution in [2.24, 2.45) is 0 Å². The van der Waals surface area contributed by atoms with Crippen molar-refractivity contribution >= 4 is 34.5 Å². The molecule has 1 fully saturated rings. The van der Waals surface area contributed by atoms with Crippen molar-refractivity contribution in [3.8, 4) is 0 Å². The van der Waals surface area contributed by atoms with Crippen LogP contribution in [0.3, 0.4) is 0 Å². The fourth-order valence-corrected chi connectivity index (χ4v) is 3.58. The molecular formula is C23H26FN9O. The molecule has 11 heteroatoms. The third kappa shape index (κ3) is 4.63. The van der Waals surface area contributed by atoms with E-state index in [1.54, 1.807) is 10.8 Å². The third-order valence-corrected chi connectivity index (χ3v) is 5.40. The first-order valence-corrected chi connectivity index (χ1v) is 10.9. The van der Waals surface area contributed by atoms with Gasteiger partial charge in [0.2, 0.25) is 0 Å². The lowest BCUT2D eigenvalue weighted by Gasteiger charge is -2.16. The number of allylic oxidation sites excluding steroid dienone is 1. The average Bonchev–Trinajstić information content (AvgIpc) is 3.63. The quantitative estimate of drug-likeness (QED) is 0.305. The Hall–Kier alpha value is -4.15. The molecule has 2 aromatic heterocycles. The van der Waals surface area contributed by atoms with Gasteiger partial charge in [0.05, 0.1) is 28.7 Å². The second-order valence-electron chi connectivity index (χ2n) is 8.37. The minimum Gasteiger partial charge on any atom is -0.388 e. The minimum absolute atomic E-state index is 0.0206. The van der Waals surface area contributed by atoms with Crippen molar-refractivity contribution < 1.29 is 4.39 Å². The highest BCUT2D eigenvalue weighted by Crippen LogP contribution is 2.35. The van der Waals surface area contributed by atoms with E-state index >= 15 is 0 Å². The highest BCUT2D eigenvalue weighted by Gasteiger charge is 2.28. The van der Waals surface area contributed by atoms with Crippen LogP contribution in [0.1, 0.15) is 44.1 Å². The number of halogens is 1. The maximum Gasteiger partial charge on any atom is 0.261 e. The molecule has 0 atom stereocenters. The van der Waals surface area contributed by atoms with Crippen LogP contribution in [0, 0.1) is 16.6 Å². The van der Waals surface area contributed by atoms with Gasteiger partial charge in [0, 0.05) is 30.1 Å². The molecule has 1 aromatic carbocycles. The number of fused-ring (bicyclic) bond motifs is 1. The molecular weight excluding hydrogens is 437 g/mol. The Balaban J connectivity index is 1.70. The van der Waals surface area contributed by atoms with Gasteiger partial charge in [-0.1, -0.05) is 0 Å². The fraction of sp³-hybridized carbons (Fsp3) is 0.304. The largest absolute Gasteiger partial charge is 0.388 e. The standard InChI is InChI=1S/C23H26FN9O/c1-12(2)28-9-13(8-25)20(26)19-21(27)30-11-31-22(19)29-10-18-32-17-6-3-14(24)7-16(17)23(34)33(18)15-4-5-15/h3,6-9,11-12,15,25-26,28H,4-5,10H2,1-2H3,(H3,27,29,30,31)/b13-9+,25-8?,26-20?. The predicted octanol–water partition coefficient (Wildman–Crippen LogP) is 2.75. The zero-order valence-electron chi connectivity index (χ0n) is 18.9. The van der Waals surface area contributed by atoms with E-state index in [1.807, 2.05) is 13.8 Å². The number of hydrogen-bond donors (Lipinski definition) is 5. The Kier molecular flexibility index (Phi) is 6.35. The van der Waals surface area contributed by atoms with Gasteiger partial charge in [-0.05, 0) is 44.9 Å². The van der Waals surface area contributed by atoms with Crippen molar-refractivity contribution in [3.05, 3.63) is 63.9 Å². The number of nitrogens with one attached hydrogen (secondary N) is 4. The topological polar surface area (TPSA) is 158 Å². The van der Waals surface area contributed by atoms with Crippen LogP contribution in [0.4, 0.5) is 16.0 Å². The number of hydrogen-bond acceptors (Lipinski definition) is 9. The lowest BCUT2D eigenvalue weighted by atomic mass is 10.0. The van der Waals surface area contributed by atoms with Crippen LogP contribution >= 0.6 is 0 Å². The first-order chi connectivity index (χ1) is 16.3. The second-order valence-corrected chi connectivity index (χ2v) is 8.37. The van der Waals surface area contributed by atoms with Crippen LogP contribution in [-0.2, 0) is 6.54 Å². The Morgan fingerprint density at radius 2 is 2.12 bits per heavy atom. The van der Waals surface area contributed by atoms with Crippen molar-refractivity contribution in [1.82, 2.24) is 24.8 Å². The average molecular weight is 464 g/mol. The molecule has 1 aliphatic carbocycles. The molecule has 1 saturated carbocycles. The highest BCUT2D eigenvalue weighted by molar-refractivity contribution is 6.25. The fourth-order valence-electron chi connectivity index (χ4n) is 3.58. The van der Waals surface area contributed by atoms with Crippen molar-refractivity contribution in [3.63, 3.8) is 0 Å². The van der Waals surface area contributed by atoms with Crippen molar-refractivity contribution in [2.75, 3.05) is 11.1 Å². The van der Waals surface area contributed by atoms with E-state index in [0.717, 1.165) is 19.1 Å². The zero-order chi connectivity index (χ0) is 24.4. The monoisotopic (exact) mass is 463 g/mol. The molecule has 0 aliphatic heterocycles. The molecule has 10 nitrogen and oxygen atoms in total. The van der Waals surface area contributed by atoms with E-state index in [4.69, 9.17) is 16.6 Å². The van der Waals surface area contributed by atoms with Gasteiger partial charge in [-0.3, -0.25) is 14.8 Å². The molecule has 0 unspecified atom stereocenters. The highest BCUT2D eigenvalue weighted by atomic mass is 19.1. The first kappa shape index (κ1) is 23.0. The predicted molar refractivity (Wildman–Crippen MR) is 130 cm³/mol. The number of nitrogens with two attached hydrogens (primary N) is 1. The number of nitrogens with zero attached hydrogens (tertiary/aromatic N) is 4. The van der Waals surface area contributed by atoms with Crippen LogP contribution < -0.4 is 21.9 Å². The summed E-state index contributed by atoms with van der Waals surface area (Å²) in [4.78, 5) is 25.9. The van der Waals surface area contributed by atoms with E-state index in [0.29, 0.717) is 16.9 Å². The molecule has 1 aliphatic rings. The van der Waals surface area contributed by atoms with Gasteiger partial charge in [0.15, 0.2) is 0 Å². The number of nitrogen functional groups attached to an aromatic ring is 1. The number of rotatable bonds is 9. The Morgan fingerprint density at radius 1 is 1.35 bits per heavy atom. The zero-order valence-corrected chi connectivity index (χ0v) is 18.9. The van der Waals surface area contributed by atoms with E-state index in [2.05, 4.69) is 25.6 Å². The molecule has 0 bridgehead atoms. The van der Waals surface area contributed by atoms with Gasteiger partial charge >= 0.3 is 0 Å². The summed E-state index contributed by atoms with van der Waals surface area (Å²) in [5.41, 5.74) is 6.72. The van der Waals surface area contributed by atoms with Gasteiger partial charge in [0.1, 0.15) is 29.6 Å². The molecule has 0 radical (unpaired) electrons. The number of aromatic nitrogens is 4. The van der Waals surface area contributed by atoms with E-state index in [1.165, 1.54) is 24.5 Å². The lowest BCUT2D eigenvalue weighted by molar-refractivity contribution is 0.625. The minimum atomic E-state index is -0.485. The summed E-state index contributed by atoms with van der Waals surface area (Å²) in [5.74, 6) is 0.360. The third-order valence-electron chi connectivity index (χ3n) is 5.40. The van der Waals surface area contributed by atoms with Gasteiger partial charge < -0.3 is 21.8 Å². The normalized spacial score (nSPS) is 13.8. The summed E-state index contributed by atoms with van der Waals surface area (Å²) in [6, 6.07) is 4.11. The molecule has 3 aromatic rings. The van der Waals surface area contributed by atoms with E-state index in [-0.39, 0.29) is 52.5 Å². The molecule has 0 amide bonds. The van der Waals surface area contributed by atoms with Gasteiger partial charge in [0.25, 0.3) is 5.56 Å². The summed E-state index contributed by atoms with van der Waals surface area (Å²) in [7, 11) is 0. The van der Waals surface area contributed by atoms with Gasteiger partial charge in [-0.2, -0.15) is 0 Å². The van der Waals surface area contributed by atoms with Crippen molar-refractivity contribution in [1.29, 1.82) is 10.8 Å². The van der Waals surface area contributed by atoms with E-state index < -0.39 is 5.82 Å². The number of anilines is 2. The molecule has 176 valence electrons. The Bertz CT molecular complexity index is 1360. The van der Waals surface area contributed by atoms with Crippen LogP contribution in [0.5, 0.6) is 0 Å². The lowest BCUT2D eigenvalue weighted by Crippen LogP contribution is -2.26. The smallest absolute Gasteiger partial charge is 0.261 e. The Morgan fingerprint density at radius 3 is 2.79 bits per heavy atom. The molecule has 34 heavy (non-hydrogen) atoms. The van der Waals surface area contributed by atoms with E-state index in [9.17, 15) is 9.18 Å². The number of benzene rings is 1. The maximum absolute atomic E-state index is 13.7. The molecule has 2 heterocycles. The van der Waals surface area contributed by atoms with Gasteiger partial charge in [-0.15, -0.1) is 0 Å². The Labute approximate surface area is 195 Å². The molecule has 0 spiro atoms. The van der Waals surface area contributed by atoms with Crippen molar-refractivity contribution in [2.45, 2.75) is 45.3 Å². The molecule has 6 N–H and O–H groups in total. The molecule has 0 saturated heterocycles. The summed E-state index contributed by atoms with van der Waals surface area (Å²) >= 11 is 0. The summed E-state index contributed by atoms with van der Waals surface area (Å²) in [6.07, 6.45) is 5.61. The van der Waals surface area contributed by atoms with Crippen LogP contribution in [0.2, 0.25) is 0 Å². The summed E-state index contributed by atoms with van der Waals surface area (Å²) in [6.45, 7) is 4.02. The summed E-state index contributed by atoms with van der Waals surface area (Å²) in [5, 5.41) is 22.8. The maximum atomic E-state index is 13.7.